The summed E-state index contributed by atoms with van der Waals surface area (Å²) in [4.78, 5) is 11.6. The van der Waals surface area contributed by atoms with Gasteiger partial charge in [-0.15, -0.1) is 0 Å². The quantitative estimate of drug-likeness (QED) is 0.691. The number of methoxy groups -OCH3 is 1. The highest BCUT2D eigenvalue weighted by Crippen LogP contribution is 2.33. The summed E-state index contributed by atoms with van der Waals surface area (Å²) in [5, 5.41) is 0. The number of Topliss-reactive ketones (excluding diaryl/α,β-unsaturated/α-hetero) is 1. The second kappa shape index (κ2) is 3.40. The number of halogens is 1. The van der Waals surface area contributed by atoms with Crippen LogP contribution in [0.1, 0.15) is 23.2 Å². The van der Waals surface area contributed by atoms with Crippen molar-refractivity contribution in [3.8, 4) is 5.75 Å². The Morgan fingerprint density at radius 3 is 2.79 bits per heavy atom. The molecule has 3 heteroatoms. The molecular formula is C11H11FO2. The molecule has 0 spiro atoms. The fourth-order valence-corrected chi connectivity index (χ4v) is 1.39. The zero-order valence-electron chi connectivity index (χ0n) is 7.92. The molecule has 0 atom stereocenters. The summed E-state index contributed by atoms with van der Waals surface area (Å²) in [5.74, 6) is -0.0372. The van der Waals surface area contributed by atoms with E-state index in [-0.39, 0.29) is 17.5 Å². The Kier molecular flexibility index (Phi) is 2.23. The fourth-order valence-electron chi connectivity index (χ4n) is 1.39. The van der Waals surface area contributed by atoms with Crippen molar-refractivity contribution in [3.05, 3.63) is 29.6 Å². The van der Waals surface area contributed by atoms with Crippen LogP contribution in [-0.4, -0.2) is 12.9 Å². The van der Waals surface area contributed by atoms with Crippen LogP contribution in [0.3, 0.4) is 0 Å². The van der Waals surface area contributed by atoms with Crippen LogP contribution >= 0.6 is 0 Å². The minimum absolute atomic E-state index is 0.100. The molecule has 0 saturated heterocycles. The Hall–Kier alpha value is -1.38. The lowest BCUT2D eigenvalue weighted by molar-refractivity contribution is 0.0967. The van der Waals surface area contributed by atoms with Crippen molar-refractivity contribution < 1.29 is 13.9 Å². The Bertz CT molecular complexity index is 370. The van der Waals surface area contributed by atoms with Gasteiger partial charge in [-0.05, 0) is 31.0 Å². The van der Waals surface area contributed by atoms with E-state index in [0.717, 1.165) is 12.8 Å². The zero-order chi connectivity index (χ0) is 10.1. The van der Waals surface area contributed by atoms with Gasteiger partial charge >= 0.3 is 0 Å². The number of carbonyl (C=O) groups excluding carboxylic acids is 1. The molecule has 74 valence electrons. The van der Waals surface area contributed by atoms with E-state index in [1.165, 1.54) is 25.3 Å². The van der Waals surface area contributed by atoms with Crippen LogP contribution in [0.2, 0.25) is 0 Å². The highest BCUT2D eigenvalue weighted by atomic mass is 19.1. The molecule has 1 aliphatic rings. The average molecular weight is 194 g/mol. The van der Waals surface area contributed by atoms with Gasteiger partial charge in [0.05, 0.1) is 7.11 Å². The molecule has 0 amide bonds. The zero-order valence-corrected chi connectivity index (χ0v) is 7.92. The molecule has 1 aromatic carbocycles. The van der Waals surface area contributed by atoms with Gasteiger partial charge < -0.3 is 4.74 Å². The van der Waals surface area contributed by atoms with E-state index in [1.807, 2.05) is 0 Å². The van der Waals surface area contributed by atoms with Gasteiger partial charge in [0.25, 0.3) is 0 Å². The van der Waals surface area contributed by atoms with Crippen LogP contribution in [0.15, 0.2) is 18.2 Å². The molecule has 2 rings (SSSR count). The maximum atomic E-state index is 13.0. The van der Waals surface area contributed by atoms with Crippen molar-refractivity contribution in [1.82, 2.24) is 0 Å². The minimum atomic E-state index is -0.431. The largest absolute Gasteiger partial charge is 0.494 e. The third-order valence-electron chi connectivity index (χ3n) is 2.38. The summed E-state index contributed by atoms with van der Waals surface area (Å²) in [7, 11) is 1.39. The second-order valence-corrected chi connectivity index (χ2v) is 3.49. The maximum absolute atomic E-state index is 13.0. The Balaban J connectivity index is 2.29. The van der Waals surface area contributed by atoms with Gasteiger partial charge in [0.2, 0.25) is 0 Å². The van der Waals surface area contributed by atoms with E-state index < -0.39 is 5.82 Å². The molecule has 0 aromatic heterocycles. The Morgan fingerprint density at radius 2 is 2.21 bits per heavy atom. The molecule has 0 unspecified atom stereocenters. The van der Waals surface area contributed by atoms with E-state index in [4.69, 9.17) is 4.74 Å². The topological polar surface area (TPSA) is 26.3 Å². The highest BCUT2D eigenvalue weighted by molar-refractivity contribution is 5.99. The monoisotopic (exact) mass is 194 g/mol. The molecule has 0 N–H and O–H groups in total. The smallest absolute Gasteiger partial charge is 0.166 e. The second-order valence-electron chi connectivity index (χ2n) is 3.49. The molecule has 1 fully saturated rings. The van der Waals surface area contributed by atoms with Crippen molar-refractivity contribution in [2.24, 2.45) is 5.92 Å². The predicted molar refractivity (Wildman–Crippen MR) is 50.0 cm³/mol. The van der Waals surface area contributed by atoms with Crippen molar-refractivity contribution >= 4 is 5.78 Å². The molecule has 14 heavy (non-hydrogen) atoms. The van der Waals surface area contributed by atoms with Gasteiger partial charge in [0, 0.05) is 11.5 Å². The van der Waals surface area contributed by atoms with Gasteiger partial charge in [-0.1, -0.05) is 0 Å². The number of rotatable bonds is 3. The van der Waals surface area contributed by atoms with Gasteiger partial charge in [0.1, 0.15) is 0 Å². The SMILES string of the molecule is COc1cc(C(=O)C2CC2)ccc1F. The van der Waals surface area contributed by atoms with Crippen LogP contribution in [0.5, 0.6) is 5.75 Å². The van der Waals surface area contributed by atoms with Crippen molar-refractivity contribution in [3.63, 3.8) is 0 Å². The minimum Gasteiger partial charge on any atom is -0.494 e. The van der Waals surface area contributed by atoms with Crippen LogP contribution < -0.4 is 4.74 Å². The molecule has 0 bridgehead atoms. The molecule has 0 radical (unpaired) electrons. The number of carbonyl (C=O) groups is 1. The van der Waals surface area contributed by atoms with Crippen LogP contribution in [0, 0.1) is 11.7 Å². The third-order valence-corrected chi connectivity index (χ3v) is 2.38. The normalized spacial score (nSPS) is 15.3. The van der Waals surface area contributed by atoms with Crippen molar-refractivity contribution in [2.45, 2.75) is 12.8 Å². The first-order valence-electron chi connectivity index (χ1n) is 4.60. The van der Waals surface area contributed by atoms with Crippen LogP contribution in [-0.2, 0) is 0 Å². The van der Waals surface area contributed by atoms with Crippen LogP contribution in [0.25, 0.3) is 0 Å². The molecule has 0 aliphatic heterocycles. The third kappa shape index (κ3) is 1.62. The molecule has 2 nitrogen and oxygen atoms in total. The summed E-state index contributed by atoms with van der Waals surface area (Å²) in [5.41, 5.74) is 0.547. The van der Waals surface area contributed by atoms with Crippen molar-refractivity contribution in [1.29, 1.82) is 0 Å². The van der Waals surface area contributed by atoms with E-state index >= 15 is 0 Å². The van der Waals surface area contributed by atoms with Crippen LogP contribution in [0.4, 0.5) is 4.39 Å². The van der Waals surface area contributed by atoms with Gasteiger partial charge in [0.15, 0.2) is 17.3 Å². The first kappa shape index (κ1) is 9.19. The van der Waals surface area contributed by atoms with Crippen molar-refractivity contribution in [2.75, 3.05) is 7.11 Å². The summed E-state index contributed by atoms with van der Waals surface area (Å²) >= 11 is 0. The predicted octanol–water partition coefficient (Wildman–Crippen LogP) is 2.43. The standard InChI is InChI=1S/C11H11FO2/c1-14-10-6-8(4-5-9(10)12)11(13)7-2-3-7/h4-7H,2-3H2,1H3. The van der Waals surface area contributed by atoms with E-state index in [9.17, 15) is 9.18 Å². The van der Waals surface area contributed by atoms with E-state index in [2.05, 4.69) is 0 Å². The van der Waals surface area contributed by atoms with Gasteiger partial charge in [-0.25, -0.2) is 4.39 Å². The number of ketones is 1. The van der Waals surface area contributed by atoms with Gasteiger partial charge in [-0.2, -0.15) is 0 Å². The highest BCUT2D eigenvalue weighted by Gasteiger charge is 2.30. The Labute approximate surface area is 81.7 Å². The summed E-state index contributed by atoms with van der Waals surface area (Å²) in [6, 6.07) is 4.25. The summed E-state index contributed by atoms with van der Waals surface area (Å²) in [6.45, 7) is 0. The first-order chi connectivity index (χ1) is 6.72. The van der Waals surface area contributed by atoms with Gasteiger partial charge in [-0.3, -0.25) is 4.79 Å². The molecule has 1 aromatic rings. The Morgan fingerprint density at radius 1 is 1.50 bits per heavy atom. The lowest BCUT2D eigenvalue weighted by Gasteiger charge is -2.04. The molecule has 1 saturated carbocycles. The lowest BCUT2D eigenvalue weighted by Crippen LogP contribution is -2.02. The molecule has 1 aliphatic carbocycles. The number of hydrogen-bond acceptors (Lipinski definition) is 2. The molecule has 0 heterocycles. The lowest BCUT2D eigenvalue weighted by atomic mass is 10.1. The summed E-state index contributed by atoms with van der Waals surface area (Å²) < 4.78 is 17.8. The number of ether oxygens (including phenoxy) is 1. The number of hydrogen-bond donors (Lipinski definition) is 0. The average Bonchev–Trinajstić information content (AvgIpc) is 3.01. The maximum Gasteiger partial charge on any atom is 0.166 e. The fraction of sp³-hybridized carbons (Fsp3) is 0.364. The van der Waals surface area contributed by atoms with E-state index in [1.54, 1.807) is 0 Å². The molecular weight excluding hydrogens is 183 g/mol. The van der Waals surface area contributed by atoms with E-state index in [0.29, 0.717) is 5.56 Å². The summed E-state index contributed by atoms with van der Waals surface area (Å²) in [6.07, 6.45) is 1.91. The first-order valence-corrected chi connectivity index (χ1v) is 4.60. The number of benzene rings is 1.